The zero-order valence-electron chi connectivity index (χ0n) is 13.2. The van der Waals surface area contributed by atoms with E-state index in [2.05, 4.69) is 24.2 Å². The zero-order valence-corrected chi connectivity index (χ0v) is 14.0. The molecule has 0 radical (unpaired) electrons. The number of aromatic nitrogens is 1. The second-order valence-electron chi connectivity index (χ2n) is 6.16. The van der Waals surface area contributed by atoms with E-state index in [1.165, 1.54) is 41.4 Å². The molecule has 2 heterocycles. The summed E-state index contributed by atoms with van der Waals surface area (Å²) in [6.07, 6.45) is 7.16. The highest BCUT2D eigenvalue weighted by molar-refractivity contribution is 7.15. The number of fused-ring (bicyclic) bond motifs is 1. The first-order chi connectivity index (χ1) is 10.3. The van der Waals surface area contributed by atoms with Gasteiger partial charge in [-0.15, -0.1) is 11.3 Å². The van der Waals surface area contributed by atoms with Crippen molar-refractivity contribution in [1.29, 1.82) is 0 Å². The Kier molecular flexibility index (Phi) is 5.14. The van der Waals surface area contributed by atoms with Crippen molar-refractivity contribution < 1.29 is 4.74 Å². The topological polar surface area (TPSA) is 37.4 Å². The Morgan fingerprint density at radius 1 is 1.33 bits per heavy atom. The molecular formula is C16H27N3OS. The van der Waals surface area contributed by atoms with Gasteiger partial charge in [-0.1, -0.05) is 6.92 Å². The summed E-state index contributed by atoms with van der Waals surface area (Å²) in [5.74, 6) is 0. The third kappa shape index (κ3) is 3.41. The van der Waals surface area contributed by atoms with Gasteiger partial charge in [0.15, 0.2) is 5.13 Å². The predicted molar refractivity (Wildman–Crippen MR) is 88.3 cm³/mol. The molecule has 0 spiro atoms. The van der Waals surface area contributed by atoms with E-state index in [-0.39, 0.29) is 0 Å². The molecule has 1 aromatic heterocycles. The number of aryl methyl sites for hydroxylation is 1. The van der Waals surface area contributed by atoms with Gasteiger partial charge in [-0.2, -0.15) is 0 Å². The molecule has 3 rings (SSSR count). The molecule has 118 valence electrons. The van der Waals surface area contributed by atoms with Gasteiger partial charge >= 0.3 is 0 Å². The summed E-state index contributed by atoms with van der Waals surface area (Å²) in [6.45, 7) is 5.09. The third-order valence-electron chi connectivity index (χ3n) is 4.62. The summed E-state index contributed by atoms with van der Waals surface area (Å²) in [5, 5.41) is 4.87. The van der Waals surface area contributed by atoms with Crippen LogP contribution in [0.2, 0.25) is 0 Å². The summed E-state index contributed by atoms with van der Waals surface area (Å²) in [7, 11) is 2.20. The number of thiazole rings is 1. The molecule has 1 atom stereocenters. The minimum Gasteiger partial charge on any atom is -0.381 e. The Hall–Kier alpha value is -0.650. The normalized spacial score (nSPS) is 23.0. The largest absolute Gasteiger partial charge is 0.381 e. The van der Waals surface area contributed by atoms with Crippen LogP contribution in [0.1, 0.15) is 55.6 Å². The minimum atomic E-state index is 0.474. The Morgan fingerprint density at radius 2 is 2.14 bits per heavy atom. The Morgan fingerprint density at radius 3 is 2.90 bits per heavy atom. The molecule has 1 aliphatic heterocycles. The van der Waals surface area contributed by atoms with Crippen LogP contribution in [0.15, 0.2) is 0 Å². The molecule has 1 saturated heterocycles. The minimum absolute atomic E-state index is 0.474. The van der Waals surface area contributed by atoms with Gasteiger partial charge in [0.05, 0.1) is 11.7 Å². The molecule has 0 bridgehead atoms. The smallest absolute Gasteiger partial charge is 0.185 e. The lowest BCUT2D eigenvalue weighted by molar-refractivity contribution is 0.0855. The lowest BCUT2D eigenvalue weighted by Gasteiger charge is -2.30. The summed E-state index contributed by atoms with van der Waals surface area (Å²) in [5.41, 5.74) is 1.33. The first-order valence-corrected chi connectivity index (χ1v) is 9.14. The van der Waals surface area contributed by atoms with Crippen LogP contribution in [-0.4, -0.2) is 37.8 Å². The van der Waals surface area contributed by atoms with E-state index in [0.717, 1.165) is 32.6 Å². The number of nitrogens with zero attached hydrogens (tertiary/aromatic N) is 2. The second kappa shape index (κ2) is 7.07. The number of hydrogen-bond acceptors (Lipinski definition) is 5. The molecule has 0 amide bonds. The maximum Gasteiger partial charge on any atom is 0.185 e. The molecule has 1 N–H and O–H groups in total. The molecule has 1 unspecified atom stereocenters. The quantitative estimate of drug-likeness (QED) is 0.907. The molecule has 0 aromatic carbocycles. The number of ether oxygens (including phenoxy) is 1. The summed E-state index contributed by atoms with van der Waals surface area (Å²) in [4.78, 5) is 8.90. The summed E-state index contributed by atoms with van der Waals surface area (Å²) >= 11 is 1.91. The van der Waals surface area contributed by atoms with Gasteiger partial charge in [-0.05, 0) is 45.1 Å². The maximum absolute atomic E-state index is 5.47. The van der Waals surface area contributed by atoms with E-state index >= 15 is 0 Å². The van der Waals surface area contributed by atoms with E-state index in [1.807, 2.05) is 11.3 Å². The fourth-order valence-corrected chi connectivity index (χ4v) is 4.50. The van der Waals surface area contributed by atoms with Crippen molar-refractivity contribution in [3.8, 4) is 0 Å². The molecule has 0 saturated carbocycles. The van der Waals surface area contributed by atoms with Gasteiger partial charge in [-0.25, -0.2) is 4.98 Å². The molecule has 1 aliphatic carbocycles. The molecule has 5 heteroatoms. The highest BCUT2D eigenvalue weighted by atomic mass is 32.1. The van der Waals surface area contributed by atoms with Crippen molar-refractivity contribution in [2.75, 3.05) is 31.7 Å². The van der Waals surface area contributed by atoms with Gasteiger partial charge in [0, 0.05) is 31.2 Å². The van der Waals surface area contributed by atoms with Crippen LogP contribution in [0.5, 0.6) is 0 Å². The highest BCUT2D eigenvalue weighted by Crippen LogP contribution is 2.37. The Balaban J connectivity index is 1.74. The van der Waals surface area contributed by atoms with Crippen molar-refractivity contribution in [2.24, 2.45) is 0 Å². The van der Waals surface area contributed by atoms with E-state index < -0.39 is 0 Å². The van der Waals surface area contributed by atoms with Gasteiger partial charge in [-0.3, -0.25) is 0 Å². The number of rotatable bonds is 5. The summed E-state index contributed by atoms with van der Waals surface area (Å²) < 4.78 is 5.47. The highest BCUT2D eigenvalue weighted by Gasteiger charge is 2.27. The Labute approximate surface area is 131 Å². The molecule has 2 aliphatic rings. The lowest BCUT2D eigenvalue weighted by atomic mass is 9.97. The van der Waals surface area contributed by atoms with Crippen molar-refractivity contribution in [1.82, 2.24) is 10.3 Å². The maximum atomic E-state index is 5.47. The summed E-state index contributed by atoms with van der Waals surface area (Å²) in [6, 6.07) is 1.06. The van der Waals surface area contributed by atoms with Crippen LogP contribution in [0, 0.1) is 0 Å². The predicted octanol–water partition coefficient (Wildman–Crippen LogP) is 3.14. The van der Waals surface area contributed by atoms with Crippen LogP contribution in [0.4, 0.5) is 5.13 Å². The standard InChI is InChI=1S/C16H27N3OS/c1-3-9-17-13-5-4-6-14-15(13)18-16(21-14)19(2)12-7-10-20-11-8-12/h12-13,17H,3-11H2,1-2H3. The van der Waals surface area contributed by atoms with Crippen LogP contribution < -0.4 is 10.2 Å². The van der Waals surface area contributed by atoms with Crippen LogP contribution in [0.3, 0.4) is 0 Å². The van der Waals surface area contributed by atoms with Crippen LogP contribution in [0.25, 0.3) is 0 Å². The van der Waals surface area contributed by atoms with Gasteiger partial charge in [0.1, 0.15) is 0 Å². The van der Waals surface area contributed by atoms with E-state index in [4.69, 9.17) is 9.72 Å². The molecule has 21 heavy (non-hydrogen) atoms. The number of hydrogen-bond donors (Lipinski definition) is 1. The van der Waals surface area contributed by atoms with Gasteiger partial charge in [0.25, 0.3) is 0 Å². The number of anilines is 1. The first-order valence-electron chi connectivity index (χ1n) is 8.33. The number of nitrogens with one attached hydrogen (secondary N) is 1. The van der Waals surface area contributed by atoms with Gasteiger partial charge in [0.2, 0.25) is 0 Å². The monoisotopic (exact) mass is 309 g/mol. The van der Waals surface area contributed by atoms with E-state index in [9.17, 15) is 0 Å². The fraction of sp³-hybridized carbons (Fsp3) is 0.812. The van der Waals surface area contributed by atoms with Gasteiger partial charge < -0.3 is 15.0 Å². The lowest BCUT2D eigenvalue weighted by Crippen LogP contribution is -2.36. The average molecular weight is 309 g/mol. The third-order valence-corrected chi connectivity index (χ3v) is 5.85. The molecule has 1 aromatic rings. The molecule has 4 nitrogen and oxygen atoms in total. The van der Waals surface area contributed by atoms with Crippen LogP contribution in [-0.2, 0) is 11.2 Å². The van der Waals surface area contributed by atoms with Crippen molar-refractivity contribution in [2.45, 2.75) is 57.5 Å². The van der Waals surface area contributed by atoms with Crippen LogP contribution >= 0.6 is 11.3 Å². The van der Waals surface area contributed by atoms with E-state index in [0.29, 0.717) is 12.1 Å². The SMILES string of the molecule is CCCNC1CCCc2sc(N(C)C3CCOCC3)nc21. The fourth-order valence-electron chi connectivity index (χ4n) is 3.30. The van der Waals surface area contributed by atoms with Crippen molar-refractivity contribution in [3.05, 3.63) is 10.6 Å². The molecular weight excluding hydrogens is 282 g/mol. The van der Waals surface area contributed by atoms with Crippen molar-refractivity contribution >= 4 is 16.5 Å². The average Bonchev–Trinajstić information content (AvgIpc) is 2.97. The molecule has 1 fully saturated rings. The Bertz CT molecular complexity index is 456. The zero-order chi connectivity index (χ0) is 14.7. The van der Waals surface area contributed by atoms with E-state index in [1.54, 1.807) is 0 Å². The first kappa shape index (κ1) is 15.3. The van der Waals surface area contributed by atoms with Crippen molar-refractivity contribution in [3.63, 3.8) is 0 Å². The second-order valence-corrected chi connectivity index (χ2v) is 7.22.